The number of methoxy groups -OCH3 is 1. The molecule has 1 amide bonds. The van der Waals surface area contributed by atoms with E-state index in [1.165, 1.54) is 32.2 Å². The molecule has 0 bridgehead atoms. The van der Waals surface area contributed by atoms with E-state index in [9.17, 15) is 26.7 Å². The second-order valence-corrected chi connectivity index (χ2v) is 6.18. The fourth-order valence-corrected chi connectivity index (χ4v) is 2.79. The molecule has 0 N–H and O–H groups in total. The van der Waals surface area contributed by atoms with Crippen molar-refractivity contribution in [1.29, 1.82) is 0 Å². The Hall–Kier alpha value is -3.87. The molecule has 0 radical (unpaired) electrons. The second-order valence-electron chi connectivity index (χ2n) is 6.18. The Morgan fingerprint density at radius 1 is 1.06 bits per heavy atom. The molecule has 0 unspecified atom stereocenters. The molecule has 1 heterocycles. The number of carbonyl (C=O) groups is 1. The molecule has 2 aromatic rings. The van der Waals surface area contributed by atoms with Crippen molar-refractivity contribution in [2.45, 2.75) is 6.92 Å². The molecular formula is C21H13F5N2O3. The monoisotopic (exact) mass is 436 g/mol. The first kappa shape index (κ1) is 21.8. The van der Waals surface area contributed by atoms with Crippen molar-refractivity contribution in [1.82, 2.24) is 0 Å². The standard InChI is InChI=1S/C21H13F5N2O3/c1-4-7-31-13-6-5-11(9-14(13)30-3)8-12-10(2)27-28(21(12)29)20-18(25)16(23)15(22)17(24)19(20)26/h1,5-6,8-9H,7H2,2-3H3/b12-8+. The van der Waals surface area contributed by atoms with E-state index in [0.717, 1.165) is 0 Å². The molecule has 0 aromatic heterocycles. The molecule has 31 heavy (non-hydrogen) atoms. The Labute approximate surface area is 173 Å². The topological polar surface area (TPSA) is 51.1 Å². The van der Waals surface area contributed by atoms with E-state index in [-0.39, 0.29) is 22.9 Å². The van der Waals surface area contributed by atoms with Crippen LogP contribution in [0.25, 0.3) is 6.08 Å². The smallest absolute Gasteiger partial charge is 0.280 e. The lowest BCUT2D eigenvalue weighted by atomic mass is 10.1. The number of hydrogen-bond acceptors (Lipinski definition) is 4. The molecule has 10 heteroatoms. The molecule has 0 fully saturated rings. The third-order valence-corrected chi connectivity index (χ3v) is 4.27. The number of halogens is 5. The van der Waals surface area contributed by atoms with Crippen LogP contribution in [-0.2, 0) is 4.79 Å². The first-order valence-electron chi connectivity index (χ1n) is 8.58. The zero-order valence-electron chi connectivity index (χ0n) is 16.1. The van der Waals surface area contributed by atoms with Gasteiger partial charge in [-0.15, -0.1) is 6.42 Å². The average molecular weight is 436 g/mol. The van der Waals surface area contributed by atoms with E-state index in [1.54, 1.807) is 6.07 Å². The lowest BCUT2D eigenvalue weighted by Gasteiger charge is -2.15. The van der Waals surface area contributed by atoms with Gasteiger partial charge in [-0.25, -0.2) is 22.0 Å². The molecule has 160 valence electrons. The predicted molar refractivity (Wildman–Crippen MR) is 102 cm³/mol. The summed E-state index contributed by atoms with van der Waals surface area (Å²) < 4.78 is 79.1. The molecule has 5 nitrogen and oxygen atoms in total. The average Bonchev–Trinajstić information content (AvgIpc) is 3.03. The van der Waals surface area contributed by atoms with Crippen LogP contribution in [0.2, 0.25) is 0 Å². The number of benzene rings is 2. The zero-order valence-corrected chi connectivity index (χ0v) is 16.1. The molecule has 0 spiro atoms. The summed E-state index contributed by atoms with van der Waals surface area (Å²) >= 11 is 0. The Bertz CT molecular complexity index is 1160. The van der Waals surface area contributed by atoms with Crippen molar-refractivity contribution in [2.24, 2.45) is 5.10 Å². The van der Waals surface area contributed by atoms with Crippen LogP contribution in [0.4, 0.5) is 27.6 Å². The second kappa shape index (κ2) is 8.47. The predicted octanol–water partition coefficient (Wildman–Crippen LogP) is 4.21. The SMILES string of the molecule is C#CCOc1ccc(/C=C2/C(=O)N(c3c(F)c(F)c(F)c(F)c3F)N=C2C)cc1OC. The summed E-state index contributed by atoms with van der Waals surface area (Å²) in [7, 11) is 1.38. The van der Waals surface area contributed by atoms with Crippen LogP contribution in [0.5, 0.6) is 11.5 Å². The molecule has 0 saturated carbocycles. The fraction of sp³-hybridized carbons (Fsp3) is 0.143. The number of carbonyl (C=O) groups excluding carboxylic acids is 1. The van der Waals surface area contributed by atoms with Gasteiger partial charge < -0.3 is 9.47 Å². The highest BCUT2D eigenvalue weighted by Crippen LogP contribution is 2.34. The van der Waals surface area contributed by atoms with Gasteiger partial charge in [0.05, 0.1) is 18.4 Å². The van der Waals surface area contributed by atoms with E-state index in [4.69, 9.17) is 15.9 Å². The minimum Gasteiger partial charge on any atom is -0.493 e. The fourth-order valence-electron chi connectivity index (χ4n) is 2.79. The number of terminal acetylenes is 1. The zero-order chi connectivity index (χ0) is 22.9. The summed E-state index contributed by atoms with van der Waals surface area (Å²) in [4.78, 5) is 12.7. The minimum absolute atomic E-state index is 0.000524. The van der Waals surface area contributed by atoms with Gasteiger partial charge in [0.15, 0.2) is 34.8 Å². The highest BCUT2D eigenvalue weighted by Gasteiger charge is 2.37. The van der Waals surface area contributed by atoms with Crippen molar-refractivity contribution < 1.29 is 36.2 Å². The molecule has 2 aromatic carbocycles. The number of anilines is 1. The third-order valence-electron chi connectivity index (χ3n) is 4.27. The maximum absolute atomic E-state index is 14.1. The number of rotatable bonds is 5. The van der Waals surface area contributed by atoms with Crippen molar-refractivity contribution in [3.05, 3.63) is 58.4 Å². The van der Waals surface area contributed by atoms with E-state index >= 15 is 0 Å². The molecule has 0 saturated heterocycles. The van der Waals surface area contributed by atoms with Gasteiger partial charge in [0.2, 0.25) is 5.82 Å². The van der Waals surface area contributed by atoms with Gasteiger partial charge in [-0.1, -0.05) is 12.0 Å². The summed E-state index contributed by atoms with van der Waals surface area (Å²) in [5.41, 5.74) is -1.16. The van der Waals surface area contributed by atoms with Gasteiger partial charge in [0.25, 0.3) is 5.91 Å². The summed E-state index contributed by atoms with van der Waals surface area (Å²) in [6, 6.07) is 4.57. The molecule has 0 atom stereocenters. The van der Waals surface area contributed by atoms with Crippen LogP contribution < -0.4 is 14.5 Å². The van der Waals surface area contributed by atoms with E-state index in [2.05, 4.69) is 11.0 Å². The van der Waals surface area contributed by atoms with Crippen LogP contribution in [0.15, 0.2) is 28.9 Å². The van der Waals surface area contributed by atoms with Gasteiger partial charge in [-0.2, -0.15) is 10.1 Å². The molecule has 1 aliphatic heterocycles. The molecule has 3 rings (SSSR count). The molecule has 1 aliphatic rings. The lowest BCUT2D eigenvalue weighted by molar-refractivity contribution is -0.114. The molecule has 0 aliphatic carbocycles. The van der Waals surface area contributed by atoms with Crippen LogP contribution in [0.1, 0.15) is 12.5 Å². The Balaban J connectivity index is 2.01. The summed E-state index contributed by atoms with van der Waals surface area (Å²) in [5.74, 6) is -9.17. The van der Waals surface area contributed by atoms with E-state index in [0.29, 0.717) is 17.1 Å². The summed E-state index contributed by atoms with van der Waals surface area (Å²) in [5, 5.41) is 3.81. The van der Waals surface area contributed by atoms with Crippen molar-refractivity contribution >= 4 is 23.4 Å². The van der Waals surface area contributed by atoms with Crippen molar-refractivity contribution in [3.8, 4) is 23.8 Å². The van der Waals surface area contributed by atoms with Crippen LogP contribution in [0.3, 0.4) is 0 Å². The van der Waals surface area contributed by atoms with Gasteiger partial charge in [0.1, 0.15) is 12.3 Å². The normalized spacial score (nSPS) is 14.6. The quantitative estimate of drug-likeness (QED) is 0.232. The van der Waals surface area contributed by atoms with Gasteiger partial charge >= 0.3 is 0 Å². The number of nitrogens with zero attached hydrogens (tertiary/aromatic N) is 2. The Kier molecular flexibility index (Phi) is 5.97. The largest absolute Gasteiger partial charge is 0.493 e. The van der Waals surface area contributed by atoms with Crippen LogP contribution >= 0.6 is 0 Å². The molecular weight excluding hydrogens is 423 g/mol. The summed E-state index contributed by atoms with van der Waals surface area (Å²) in [6.07, 6.45) is 6.46. The number of ether oxygens (including phenoxy) is 2. The van der Waals surface area contributed by atoms with E-state index < -0.39 is 40.7 Å². The van der Waals surface area contributed by atoms with Crippen LogP contribution in [0, 0.1) is 41.4 Å². The van der Waals surface area contributed by atoms with Gasteiger partial charge in [-0.05, 0) is 30.7 Å². The first-order valence-corrected chi connectivity index (χ1v) is 8.58. The maximum atomic E-state index is 14.1. The minimum atomic E-state index is -2.33. The van der Waals surface area contributed by atoms with Crippen LogP contribution in [-0.4, -0.2) is 25.3 Å². The lowest BCUT2D eigenvalue weighted by Crippen LogP contribution is -2.25. The third kappa shape index (κ3) is 3.82. The maximum Gasteiger partial charge on any atom is 0.280 e. The van der Waals surface area contributed by atoms with Gasteiger partial charge in [0, 0.05) is 0 Å². The van der Waals surface area contributed by atoms with Crippen molar-refractivity contribution in [3.63, 3.8) is 0 Å². The Morgan fingerprint density at radius 2 is 1.68 bits per heavy atom. The number of amides is 1. The van der Waals surface area contributed by atoms with Crippen molar-refractivity contribution in [2.75, 3.05) is 18.7 Å². The van der Waals surface area contributed by atoms with E-state index in [1.807, 2.05) is 0 Å². The Morgan fingerprint density at radius 3 is 2.26 bits per heavy atom. The summed E-state index contributed by atoms with van der Waals surface area (Å²) in [6.45, 7) is 1.34. The van der Waals surface area contributed by atoms with Gasteiger partial charge in [-0.3, -0.25) is 4.79 Å². The number of hydrogen-bond donors (Lipinski definition) is 0. The first-order chi connectivity index (χ1) is 14.7. The number of hydrazone groups is 1. The highest BCUT2D eigenvalue weighted by atomic mass is 19.2. The highest BCUT2D eigenvalue weighted by molar-refractivity contribution is 6.32.